The Kier molecular flexibility index (Phi) is 6.46. The topological polar surface area (TPSA) is 109 Å². The fourth-order valence-corrected chi connectivity index (χ4v) is 1.90. The van der Waals surface area contributed by atoms with E-state index in [2.05, 4.69) is 10.6 Å². The van der Waals surface area contributed by atoms with Crippen LogP contribution >= 0.6 is 0 Å². The van der Waals surface area contributed by atoms with E-state index in [1.165, 1.54) is 14.2 Å². The molecule has 8 heteroatoms. The highest BCUT2D eigenvalue weighted by atomic mass is 16.7. The first-order chi connectivity index (χ1) is 9.04. The third-order valence-electron chi connectivity index (χ3n) is 2.95. The van der Waals surface area contributed by atoms with Gasteiger partial charge in [0.05, 0.1) is 0 Å². The molecular formula is C11H22N2O6. The van der Waals surface area contributed by atoms with Gasteiger partial charge in [-0.15, -0.1) is 0 Å². The van der Waals surface area contributed by atoms with Gasteiger partial charge in [-0.25, -0.2) is 4.79 Å². The number of aliphatic hydroxyl groups excluding tert-OH is 2. The summed E-state index contributed by atoms with van der Waals surface area (Å²) in [5, 5.41) is 24.6. The Balaban J connectivity index is 2.58. The van der Waals surface area contributed by atoms with Gasteiger partial charge in [-0.3, -0.25) is 0 Å². The minimum absolute atomic E-state index is 0.142. The SMILES string of the molecule is CCO[C@H]1O[C@H]([C@@H](CNC(=O)NC)OC)[C@H](O)[C@H]1O. The quantitative estimate of drug-likeness (QED) is 0.466. The molecular weight excluding hydrogens is 256 g/mol. The Hall–Kier alpha value is -0.930. The molecule has 0 aromatic rings. The largest absolute Gasteiger partial charge is 0.387 e. The van der Waals surface area contributed by atoms with Crippen molar-refractivity contribution in [3.05, 3.63) is 0 Å². The zero-order valence-electron chi connectivity index (χ0n) is 11.3. The lowest BCUT2D eigenvalue weighted by molar-refractivity contribution is -0.177. The van der Waals surface area contributed by atoms with Gasteiger partial charge in [-0.1, -0.05) is 0 Å². The van der Waals surface area contributed by atoms with Crippen molar-refractivity contribution in [2.75, 3.05) is 27.3 Å². The zero-order valence-corrected chi connectivity index (χ0v) is 11.3. The van der Waals surface area contributed by atoms with Crippen LogP contribution in [0.3, 0.4) is 0 Å². The Bertz CT molecular complexity index is 290. The molecule has 1 heterocycles. The molecule has 0 aromatic carbocycles. The molecule has 4 N–H and O–H groups in total. The molecule has 0 saturated carbocycles. The second kappa shape index (κ2) is 7.61. The summed E-state index contributed by atoms with van der Waals surface area (Å²) in [7, 11) is 2.93. The van der Waals surface area contributed by atoms with E-state index in [1.807, 2.05) is 0 Å². The number of urea groups is 1. The van der Waals surface area contributed by atoms with Gasteiger partial charge in [-0.05, 0) is 6.92 Å². The lowest BCUT2D eigenvalue weighted by atomic mass is 10.1. The van der Waals surface area contributed by atoms with Gasteiger partial charge >= 0.3 is 6.03 Å². The van der Waals surface area contributed by atoms with Crippen LogP contribution in [0.1, 0.15) is 6.92 Å². The molecule has 2 amide bonds. The van der Waals surface area contributed by atoms with E-state index in [0.717, 1.165) is 0 Å². The average molecular weight is 278 g/mol. The second-order valence-electron chi connectivity index (χ2n) is 4.14. The molecule has 0 radical (unpaired) electrons. The fourth-order valence-electron chi connectivity index (χ4n) is 1.90. The molecule has 0 spiro atoms. The molecule has 1 saturated heterocycles. The highest BCUT2D eigenvalue weighted by molar-refractivity contribution is 5.73. The van der Waals surface area contributed by atoms with Crippen LogP contribution in [0.25, 0.3) is 0 Å². The Morgan fingerprint density at radius 1 is 1.42 bits per heavy atom. The van der Waals surface area contributed by atoms with Crippen molar-refractivity contribution < 1.29 is 29.2 Å². The van der Waals surface area contributed by atoms with E-state index in [9.17, 15) is 15.0 Å². The van der Waals surface area contributed by atoms with Gasteiger partial charge in [0, 0.05) is 27.3 Å². The molecule has 19 heavy (non-hydrogen) atoms. The van der Waals surface area contributed by atoms with Gasteiger partial charge in [0.2, 0.25) is 0 Å². The molecule has 1 aliphatic heterocycles. The van der Waals surface area contributed by atoms with Crippen LogP contribution in [0.4, 0.5) is 4.79 Å². The first kappa shape index (κ1) is 16.1. The number of hydrogen-bond acceptors (Lipinski definition) is 6. The number of hydrogen-bond donors (Lipinski definition) is 4. The Morgan fingerprint density at radius 3 is 2.63 bits per heavy atom. The molecule has 8 nitrogen and oxygen atoms in total. The number of amides is 2. The van der Waals surface area contributed by atoms with Crippen LogP contribution in [-0.2, 0) is 14.2 Å². The number of nitrogens with one attached hydrogen (secondary N) is 2. The van der Waals surface area contributed by atoms with Crippen LogP contribution in [0.5, 0.6) is 0 Å². The number of rotatable bonds is 6. The fraction of sp³-hybridized carbons (Fsp3) is 0.909. The van der Waals surface area contributed by atoms with Crippen molar-refractivity contribution in [1.29, 1.82) is 0 Å². The van der Waals surface area contributed by atoms with Crippen molar-refractivity contribution in [3.63, 3.8) is 0 Å². The number of aliphatic hydroxyl groups is 2. The summed E-state index contributed by atoms with van der Waals surface area (Å²) >= 11 is 0. The minimum Gasteiger partial charge on any atom is -0.387 e. The molecule has 1 fully saturated rings. The second-order valence-corrected chi connectivity index (χ2v) is 4.14. The highest BCUT2D eigenvalue weighted by Crippen LogP contribution is 2.25. The number of ether oxygens (including phenoxy) is 3. The predicted octanol–water partition coefficient (Wildman–Crippen LogP) is -1.59. The molecule has 5 atom stereocenters. The maximum absolute atomic E-state index is 11.1. The standard InChI is InChI=1S/C11H22N2O6/c1-4-18-10-8(15)7(14)9(19-10)6(17-3)5-13-11(16)12-2/h6-10,14-15H,4-5H2,1-3H3,(H2,12,13,16)/t6-,7-,8-,9-,10+/m1/s1. The summed E-state index contributed by atoms with van der Waals surface area (Å²) in [5.74, 6) is 0. The van der Waals surface area contributed by atoms with E-state index in [1.54, 1.807) is 6.92 Å². The van der Waals surface area contributed by atoms with Gasteiger partial charge in [-0.2, -0.15) is 0 Å². The van der Waals surface area contributed by atoms with Crippen LogP contribution in [-0.4, -0.2) is 74.3 Å². The molecule has 1 aliphatic rings. The highest BCUT2D eigenvalue weighted by Gasteiger charge is 2.47. The molecule has 0 aliphatic carbocycles. The van der Waals surface area contributed by atoms with Crippen molar-refractivity contribution in [2.45, 2.75) is 37.6 Å². The molecule has 0 aromatic heterocycles. The first-order valence-corrected chi connectivity index (χ1v) is 6.16. The van der Waals surface area contributed by atoms with Gasteiger partial charge in [0.15, 0.2) is 6.29 Å². The van der Waals surface area contributed by atoms with Crippen LogP contribution in [0, 0.1) is 0 Å². The Labute approximate surface area is 112 Å². The lowest BCUT2D eigenvalue weighted by Crippen LogP contribution is -2.47. The third-order valence-corrected chi connectivity index (χ3v) is 2.95. The van der Waals surface area contributed by atoms with Gasteiger partial charge < -0.3 is 35.1 Å². The minimum atomic E-state index is -1.14. The Morgan fingerprint density at radius 2 is 2.11 bits per heavy atom. The van der Waals surface area contributed by atoms with E-state index in [-0.39, 0.29) is 12.6 Å². The average Bonchev–Trinajstić information content (AvgIpc) is 2.68. The summed E-state index contributed by atoms with van der Waals surface area (Å²) in [6.07, 6.45) is -4.51. The maximum Gasteiger partial charge on any atom is 0.314 e. The van der Waals surface area contributed by atoms with Crippen LogP contribution < -0.4 is 10.6 Å². The molecule has 112 valence electrons. The molecule has 0 bridgehead atoms. The number of methoxy groups -OCH3 is 1. The predicted molar refractivity (Wildman–Crippen MR) is 65.6 cm³/mol. The number of carbonyl (C=O) groups is 1. The smallest absolute Gasteiger partial charge is 0.314 e. The molecule has 1 rings (SSSR count). The van der Waals surface area contributed by atoms with E-state index in [4.69, 9.17) is 14.2 Å². The van der Waals surface area contributed by atoms with E-state index >= 15 is 0 Å². The summed E-state index contributed by atoms with van der Waals surface area (Å²) in [4.78, 5) is 11.1. The summed E-state index contributed by atoms with van der Waals surface area (Å²) in [6, 6.07) is -0.364. The number of carbonyl (C=O) groups excluding carboxylic acids is 1. The summed E-state index contributed by atoms with van der Waals surface area (Å²) in [6.45, 7) is 2.26. The van der Waals surface area contributed by atoms with E-state index in [0.29, 0.717) is 6.61 Å². The van der Waals surface area contributed by atoms with E-state index < -0.39 is 30.7 Å². The summed E-state index contributed by atoms with van der Waals surface area (Å²) in [5.41, 5.74) is 0. The third kappa shape index (κ3) is 4.02. The maximum atomic E-state index is 11.1. The zero-order chi connectivity index (χ0) is 14.4. The van der Waals surface area contributed by atoms with Crippen molar-refractivity contribution >= 4 is 6.03 Å². The lowest BCUT2D eigenvalue weighted by Gasteiger charge is -2.24. The van der Waals surface area contributed by atoms with Crippen molar-refractivity contribution in [1.82, 2.24) is 10.6 Å². The van der Waals surface area contributed by atoms with Crippen LogP contribution in [0.15, 0.2) is 0 Å². The van der Waals surface area contributed by atoms with Crippen molar-refractivity contribution in [2.24, 2.45) is 0 Å². The summed E-state index contributed by atoms with van der Waals surface area (Å²) < 4.78 is 15.8. The van der Waals surface area contributed by atoms with Gasteiger partial charge in [0.25, 0.3) is 0 Å². The van der Waals surface area contributed by atoms with Crippen LogP contribution in [0.2, 0.25) is 0 Å². The monoisotopic (exact) mass is 278 g/mol. The molecule has 0 unspecified atom stereocenters. The van der Waals surface area contributed by atoms with Crippen molar-refractivity contribution in [3.8, 4) is 0 Å². The first-order valence-electron chi connectivity index (χ1n) is 6.16. The van der Waals surface area contributed by atoms with Gasteiger partial charge in [0.1, 0.15) is 24.4 Å². The normalized spacial score (nSPS) is 32.1.